The first-order valence-corrected chi connectivity index (χ1v) is 7.86. The van der Waals surface area contributed by atoms with Crippen molar-refractivity contribution in [2.24, 2.45) is 11.8 Å². The van der Waals surface area contributed by atoms with Crippen molar-refractivity contribution in [2.75, 3.05) is 18.8 Å². The van der Waals surface area contributed by atoms with Gasteiger partial charge in [0.25, 0.3) is 0 Å². The molecule has 1 aliphatic heterocycles. The van der Waals surface area contributed by atoms with E-state index < -0.39 is 0 Å². The molecule has 1 aromatic rings. The van der Waals surface area contributed by atoms with E-state index >= 15 is 0 Å². The van der Waals surface area contributed by atoms with Gasteiger partial charge < -0.3 is 5.73 Å². The highest BCUT2D eigenvalue weighted by molar-refractivity contribution is 6.30. The molecule has 0 aromatic heterocycles. The maximum Gasteiger partial charge on any atom is 0.0426 e. The molecule has 1 heterocycles. The number of rotatable bonds is 2. The number of nitrogen functional groups attached to an aromatic ring is 1. The summed E-state index contributed by atoms with van der Waals surface area (Å²) in [7, 11) is 0. The molecular weight excluding hydrogens is 256 g/mol. The van der Waals surface area contributed by atoms with Crippen LogP contribution in [0.25, 0.3) is 0 Å². The number of nitrogens with zero attached hydrogens (tertiary/aromatic N) is 1. The van der Waals surface area contributed by atoms with Crippen LogP contribution in [0.1, 0.15) is 37.7 Å². The average molecular weight is 279 g/mol. The highest BCUT2D eigenvalue weighted by Crippen LogP contribution is 2.36. The zero-order chi connectivity index (χ0) is 13.2. The van der Waals surface area contributed by atoms with Gasteiger partial charge in [0.15, 0.2) is 0 Å². The van der Waals surface area contributed by atoms with Gasteiger partial charge in [0.1, 0.15) is 0 Å². The molecule has 3 rings (SSSR count). The first-order chi connectivity index (χ1) is 9.22. The Hall–Kier alpha value is -0.730. The average Bonchev–Trinajstić information content (AvgIpc) is 2.42. The Morgan fingerprint density at radius 3 is 2.74 bits per heavy atom. The van der Waals surface area contributed by atoms with E-state index in [0.717, 1.165) is 29.1 Å². The molecule has 2 atom stereocenters. The van der Waals surface area contributed by atoms with Crippen molar-refractivity contribution in [1.82, 2.24) is 4.90 Å². The van der Waals surface area contributed by atoms with Crippen molar-refractivity contribution in [3.63, 3.8) is 0 Å². The van der Waals surface area contributed by atoms with E-state index in [4.69, 9.17) is 17.3 Å². The van der Waals surface area contributed by atoms with Crippen LogP contribution in [0, 0.1) is 11.8 Å². The van der Waals surface area contributed by atoms with Gasteiger partial charge in [-0.15, -0.1) is 0 Å². The number of fused-ring (bicyclic) bond motifs is 1. The third-order valence-corrected chi connectivity index (χ3v) is 5.11. The Kier molecular flexibility index (Phi) is 3.99. The molecule has 0 radical (unpaired) electrons. The fraction of sp³-hybridized carbons (Fsp3) is 0.625. The maximum absolute atomic E-state index is 6.06. The number of halogens is 1. The normalized spacial score (nSPS) is 28.1. The standard InChI is InChI=1S/C16H23ClN2/c17-15-6-5-14(16(18)9-15)11-19-8-7-12-3-1-2-4-13(12)10-19/h5-6,9,12-13H,1-4,7-8,10-11,18H2. The molecule has 104 valence electrons. The van der Waals surface area contributed by atoms with Gasteiger partial charge in [-0.1, -0.05) is 36.9 Å². The number of anilines is 1. The fourth-order valence-corrected chi connectivity index (χ4v) is 3.95. The summed E-state index contributed by atoms with van der Waals surface area (Å²) in [5.41, 5.74) is 8.11. The summed E-state index contributed by atoms with van der Waals surface area (Å²) in [6.45, 7) is 3.46. The van der Waals surface area contributed by atoms with E-state index in [1.807, 2.05) is 12.1 Å². The Balaban J connectivity index is 1.64. The molecule has 1 aromatic carbocycles. The zero-order valence-corrected chi connectivity index (χ0v) is 12.2. The molecule has 3 heteroatoms. The molecule has 0 bridgehead atoms. The lowest BCUT2D eigenvalue weighted by atomic mass is 9.75. The number of piperidine rings is 1. The minimum Gasteiger partial charge on any atom is -0.398 e. The van der Waals surface area contributed by atoms with Crippen LogP contribution in [0.3, 0.4) is 0 Å². The Bertz CT molecular complexity index is 446. The van der Waals surface area contributed by atoms with Gasteiger partial charge in [0.2, 0.25) is 0 Å². The molecule has 1 aliphatic carbocycles. The molecule has 0 spiro atoms. The largest absolute Gasteiger partial charge is 0.398 e. The second-order valence-corrected chi connectivity index (χ2v) is 6.61. The monoisotopic (exact) mass is 278 g/mol. The summed E-state index contributed by atoms with van der Waals surface area (Å²) in [5, 5.41) is 0.729. The molecule has 2 fully saturated rings. The Morgan fingerprint density at radius 1 is 1.16 bits per heavy atom. The van der Waals surface area contributed by atoms with Crippen LogP contribution in [0.15, 0.2) is 18.2 Å². The maximum atomic E-state index is 6.06. The highest BCUT2D eigenvalue weighted by Gasteiger charge is 2.30. The summed E-state index contributed by atoms with van der Waals surface area (Å²) in [5.74, 6) is 1.92. The van der Waals surface area contributed by atoms with Crippen LogP contribution in [0.4, 0.5) is 5.69 Å². The van der Waals surface area contributed by atoms with Gasteiger partial charge in [-0.25, -0.2) is 0 Å². The minimum absolute atomic E-state index is 0.729. The smallest absolute Gasteiger partial charge is 0.0426 e. The van der Waals surface area contributed by atoms with Crippen molar-refractivity contribution in [2.45, 2.75) is 38.6 Å². The third-order valence-electron chi connectivity index (χ3n) is 4.88. The summed E-state index contributed by atoms with van der Waals surface area (Å²) in [4.78, 5) is 2.58. The van der Waals surface area contributed by atoms with Crippen LogP contribution in [0.5, 0.6) is 0 Å². The number of hydrogen-bond donors (Lipinski definition) is 1. The van der Waals surface area contributed by atoms with Gasteiger partial charge in [-0.05, 0) is 48.9 Å². The molecule has 19 heavy (non-hydrogen) atoms. The van der Waals surface area contributed by atoms with Gasteiger partial charge in [0, 0.05) is 23.8 Å². The predicted molar refractivity (Wildman–Crippen MR) is 81.2 cm³/mol. The summed E-state index contributed by atoms with van der Waals surface area (Å²) >= 11 is 5.96. The first-order valence-electron chi connectivity index (χ1n) is 7.48. The number of nitrogens with two attached hydrogens (primary N) is 1. The van der Waals surface area contributed by atoms with E-state index in [0.29, 0.717) is 0 Å². The lowest BCUT2D eigenvalue weighted by Gasteiger charge is -2.41. The van der Waals surface area contributed by atoms with E-state index in [-0.39, 0.29) is 0 Å². The fourth-order valence-electron chi connectivity index (χ4n) is 3.77. The predicted octanol–water partition coefficient (Wildman–Crippen LogP) is 3.93. The lowest BCUT2D eigenvalue weighted by molar-refractivity contribution is 0.0822. The van der Waals surface area contributed by atoms with Gasteiger partial charge in [-0.2, -0.15) is 0 Å². The topological polar surface area (TPSA) is 29.3 Å². The molecule has 1 saturated carbocycles. The quantitative estimate of drug-likeness (QED) is 0.831. The van der Waals surface area contributed by atoms with Crippen LogP contribution >= 0.6 is 11.6 Å². The SMILES string of the molecule is Nc1cc(Cl)ccc1CN1CCC2CCCCC2C1. The van der Waals surface area contributed by atoms with E-state index in [1.54, 1.807) is 0 Å². The second kappa shape index (κ2) is 5.72. The van der Waals surface area contributed by atoms with Crippen molar-refractivity contribution >= 4 is 17.3 Å². The van der Waals surface area contributed by atoms with Crippen LogP contribution < -0.4 is 5.73 Å². The molecule has 2 aliphatic rings. The second-order valence-electron chi connectivity index (χ2n) is 6.17. The number of hydrogen-bond acceptors (Lipinski definition) is 2. The highest BCUT2D eigenvalue weighted by atomic mass is 35.5. The van der Waals surface area contributed by atoms with Crippen molar-refractivity contribution in [3.05, 3.63) is 28.8 Å². The molecule has 2 unspecified atom stereocenters. The lowest BCUT2D eigenvalue weighted by Crippen LogP contribution is -2.41. The van der Waals surface area contributed by atoms with Crippen molar-refractivity contribution in [1.29, 1.82) is 0 Å². The van der Waals surface area contributed by atoms with Crippen LogP contribution in [0.2, 0.25) is 5.02 Å². The molecule has 1 saturated heterocycles. The summed E-state index contributed by atoms with van der Waals surface area (Å²) in [6, 6.07) is 5.88. The van der Waals surface area contributed by atoms with Crippen molar-refractivity contribution < 1.29 is 0 Å². The van der Waals surface area contributed by atoms with Gasteiger partial charge >= 0.3 is 0 Å². The van der Waals surface area contributed by atoms with E-state index in [2.05, 4.69) is 11.0 Å². The third kappa shape index (κ3) is 3.06. The first kappa shape index (κ1) is 13.3. The minimum atomic E-state index is 0.729. The molecule has 0 amide bonds. The van der Waals surface area contributed by atoms with Gasteiger partial charge in [0.05, 0.1) is 0 Å². The Morgan fingerprint density at radius 2 is 1.95 bits per heavy atom. The molecular formula is C16H23ClN2. The summed E-state index contributed by atoms with van der Waals surface area (Å²) < 4.78 is 0. The van der Waals surface area contributed by atoms with E-state index in [9.17, 15) is 0 Å². The zero-order valence-electron chi connectivity index (χ0n) is 11.4. The number of likely N-dealkylation sites (tertiary alicyclic amines) is 1. The van der Waals surface area contributed by atoms with Crippen LogP contribution in [-0.4, -0.2) is 18.0 Å². The number of benzene rings is 1. The molecule has 2 N–H and O–H groups in total. The molecule has 2 nitrogen and oxygen atoms in total. The van der Waals surface area contributed by atoms with E-state index in [1.165, 1.54) is 50.8 Å². The van der Waals surface area contributed by atoms with Gasteiger partial charge in [-0.3, -0.25) is 4.90 Å². The summed E-state index contributed by atoms with van der Waals surface area (Å²) in [6.07, 6.45) is 7.14. The van der Waals surface area contributed by atoms with Crippen LogP contribution in [-0.2, 0) is 6.54 Å². The Labute approximate surface area is 120 Å². The van der Waals surface area contributed by atoms with Crippen molar-refractivity contribution in [3.8, 4) is 0 Å².